The van der Waals surface area contributed by atoms with Gasteiger partial charge in [0.25, 0.3) is 0 Å². The lowest BCUT2D eigenvalue weighted by molar-refractivity contribution is 0.882. The Morgan fingerprint density at radius 1 is 0.941 bits per heavy atom. The maximum absolute atomic E-state index is 3.46. The first kappa shape index (κ1) is 16.7. The fourth-order valence-electron chi connectivity index (χ4n) is 1.73. The molecule has 0 spiro atoms. The quantitative estimate of drug-likeness (QED) is 0.370. The molecule has 0 atom stereocenters. The average Bonchev–Trinajstić information content (AvgIpc) is 2.27. The van der Waals surface area contributed by atoms with Crippen LogP contribution in [0.1, 0.15) is 59.8 Å². The SMILES string of the molecule is CC/C(=C\CBr)CC/C=C(\C)CCC=C(C)C. The lowest BCUT2D eigenvalue weighted by Gasteiger charge is -2.03. The molecule has 0 saturated carbocycles. The molecule has 0 aromatic heterocycles. The summed E-state index contributed by atoms with van der Waals surface area (Å²) in [7, 11) is 0. The Hall–Kier alpha value is -0.300. The molecular weight excluding hydrogens is 272 g/mol. The van der Waals surface area contributed by atoms with Gasteiger partial charge in [0.1, 0.15) is 0 Å². The normalized spacial score (nSPS) is 12.8. The van der Waals surface area contributed by atoms with E-state index in [1.54, 1.807) is 5.57 Å². The highest BCUT2D eigenvalue weighted by molar-refractivity contribution is 9.09. The second kappa shape index (κ2) is 10.8. The van der Waals surface area contributed by atoms with Crippen molar-refractivity contribution in [3.05, 3.63) is 34.9 Å². The number of hydrogen-bond donors (Lipinski definition) is 0. The van der Waals surface area contributed by atoms with Crippen LogP contribution in [0.25, 0.3) is 0 Å². The van der Waals surface area contributed by atoms with Crippen LogP contribution in [0.5, 0.6) is 0 Å². The van der Waals surface area contributed by atoms with Crippen molar-refractivity contribution in [1.29, 1.82) is 0 Å². The Bertz CT molecular complexity index is 278. The minimum atomic E-state index is 0.986. The number of alkyl halides is 1. The van der Waals surface area contributed by atoms with Crippen LogP contribution in [0.2, 0.25) is 0 Å². The number of halogens is 1. The molecule has 0 rings (SSSR count). The third-order valence-electron chi connectivity index (χ3n) is 2.87. The fraction of sp³-hybridized carbons (Fsp3) is 0.625. The zero-order chi connectivity index (χ0) is 13.1. The van der Waals surface area contributed by atoms with Crippen molar-refractivity contribution < 1.29 is 0 Å². The summed E-state index contributed by atoms with van der Waals surface area (Å²) in [6.45, 7) is 8.81. The predicted octanol–water partition coefficient (Wildman–Crippen LogP) is 6.19. The number of rotatable bonds is 8. The molecule has 0 amide bonds. The molecule has 0 bridgehead atoms. The molecule has 0 heterocycles. The molecule has 0 aromatic carbocycles. The van der Waals surface area contributed by atoms with Crippen LogP contribution in [0.3, 0.4) is 0 Å². The van der Waals surface area contributed by atoms with Crippen molar-refractivity contribution in [2.75, 3.05) is 5.33 Å². The zero-order valence-corrected chi connectivity index (χ0v) is 13.4. The summed E-state index contributed by atoms with van der Waals surface area (Å²) in [5.74, 6) is 0. The average molecular weight is 299 g/mol. The molecular formula is C16H27Br. The maximum atomic E-state index is 3.46. The highest BCUT2D eigenvalue weighted by atomic mass is 79.9. The predicted molar refractivity (Wildman–Crippen MR) is 83.8 cm³/mol. The first-order valence-electron chi connectivity index (χ1n) is 6.63. The Morgan fingerprint density at radius 3 is 2.12 bits per heavy atom. The van der Waals surface area contributed by atoms with E-state index < -0.39 is 0 Å². The molecule has 0 saturated heterocycles. The van der Waals surface area contributed by atoms with Gasteiger partial charge in [-0.15, -0.1) is 0 Å². The van der Waals surface area contributed by atoms with Crippen LogP contribution in [-0.2, 0) is 0 Å². The van der Waals surface area contributed by atoms with Crippen molar-refractivity contribution in [3.8, 4) is 0 Å². The second-order valence-electron chi connectivity index (χ2n) is 4.78. The van der Waals surface area contributed by atoms with Gasteiger partial charge in [-0.3, -0.25) is 0 Å². The van der Waals surface area contributed by atoms with Gasteiger partial charge in [0.2, 0.25) is 0 Å². The van der Waals surface area contributed by atoms with Crippen LogP contribution in [0.4, 0.5) is 0 Å². The van der Waals surface area contributed by atoms with Gasteiger partial charge >= 0.3 is 0 Å². The van der Waals surface area contributed by atoms with Crippen LogP contribution in [0, 0.1) is 0 Å². The molecule has 17 heavy (non-hydrogen) atoms. The van der Waals surface area contributed by atoms with E-state index in [1.807, 2.05) is 0 Å². The standard InChI is InChI=1S/C16H27Br/c1-5-16(12-13-17)11-7-10-15(4)9-6-8-14(2)3/h8,10,12H,5-7,9,11,13H2,1-4H3/b15-10+,16-12+. The van der Waals surface area contributed by atoms with Crippen LogP contribution in [0.15, 0.2) is 34.9 Å². The number of allylic oxidation sites excluding steroid dienone is 6. The van der Waals surface area contributed by atoms with Gasteiger partial charge in [-0.1, -0.05) is 57.8 Å². The van der Waals surface area contributed by atoms with E-state index in [1.165, 1.54) is 43.3 Å². The van der Waals surface area contributed by atoms with Crippen molar-refractivity contribution in [2.24, 2.45) is 0 Å². The van der Waals surface area contributed by atoms with E-state index in [0.717, 1.165) is 5.33 Å². The summed E-state index contributed by atoms with van der Waals surface area (Å²) in [6.07, 6.45) is 13.0. The highest BCUT2D eigenvalue weighted by Crippen LogP contribution is 2.13. The Kier molecular flexibility index (Phi) is 10.6. The molecule has 0 radical (unpaired) electrons. The van der Waals surface area contributed by atoms with Gasteiger partial charge in [0.05, 0.1) is 0 Å². The van der Waals surface area contributed by atoms with Gasteiger partial charge in [0, 0.05) is 5.33 Å². The molecule has 0 fully saturated rings. The smallest absolute Gasteiger partial charge is 0.0214 e. The summed E-state index contributed by atoms with van der Waals surface area (Å²) in [6, 6.07) is 0. The Balaban J connectivity index is 3.91. The van der Waals surface area contributed by atoms with Crippen molar-refractivity contribution >= 4 is 15.9 Å². The molecule has 1 heteroatoms. The minimum Gasteiger partial charge on any atom is -0.0883 e. The monoisotopic (exact) mass is 298 g/mol. The topological polar surface area (TPSA) is 0 Å². The van der Waals surface area contributed by atoms with Crippen LogP contribution < -0.4 is 0 Å². The first-order valence-corrected chi connectivity index (χ1v) is 7.75. The third kappa shape index (κ3) is 10.6. The van der Waals surface area contributed by atoms with E-state index in [9.17, 15) is 0 Å². The summed E-state index contributed by atoms with van der Waals surface area (Å²) in [4.78, 5) is 0. The highest BCUT2D eigenvalue weighted by Gasteiger charge is 1.94. The second-order valence-corrected chi connectivity index (χ2v) is 5.43. The molecule has 0 nitrogen and oxygen atoms in total. The fourth-order valence-corrected chi connectivity index (χ4v) is 2.18. The third-order valence-corrected chi connectivity index (χ3v) is 3.19. The summed E-state index contributed by atoms with van der Waals surface area (Å²) in [5, 5.41) is 0.986. The van der Waals surface area contributed by atoms with Crippen molar-refractivity contribution in [2.45, 2.75) is 59.8 Å². The summed E-state index contributed by atoms with van der Waals surface area (Å²) >= 11 is 3.46. The summed E-state index contributed by atoms with van der Waals surface area (Å²) in [5.41, 5.74) is 4.51. The largest absolute Gasteiger partial charge is 0.0883 e. The van der Waals surface area contributed by atoms with E-state index in [0.29, 0.717) is 0 Å². The van der Waals surface area contributed by atoms with Gasteiger partial charge in [0.15, 0.2) is 0 Å². The molecule has 0 aliphatic carbocycles. The first-order chi connectivity index (χ1) is 8.10. The van der Waals surface area contributed by atoms with Gasteiger partial charge in [-0.25, -0.2) is 0 Å². The maximum Gasteiger partial charge on any atom is 0.0214 e. The van der Waals surface area contributed by atoms with E-state index in [4.69, 9.17) is 0 Å². The lowest BCUT2D eigenvalue weighted by atomic mass is 10.0. The molecule has 98 valence electrons. The molecule has 0 N–H and O–H groups in total. The Labute approximate surface area is 116 Å². The van der Waals surface area contributed by atoms with E-state index in [-0.39, 0.29) is 0 Å². The van der Waals surface area contributed by atoms with Gasteiger partial charge in [-0.2, -0.15) is 0 Å². The molecule has 0 aromatic rings. The Morgan fingerprint density at radius 2 is 1.59 bits per heavy atom. The minimum absolute atomic E-state index is 0.986. The van der Waals surface area contributed by atoms with E-state index >= 15 is 0 Å². The van der Waals surface area contributed by atoms with E-state index in [2.05, 4.69) is 61.9 Å². The molecule has 0 unspecified atom stereocenters. The molecule has 0 aliphatic heterocycles. The zero-order valence-electron chi connectivity index (χ0n) is 11.9. The van der Waals surface area contributed by atoms with Gasteiger partial charge < -0.3 is 0 Å². The number of hydrogen-bond acceptors (Lipinski definition) is 0. The summed E-state index contributed by atoms with van der Waals surface area (Å²) < 4.78 is 0. The van der Waals surface area contributed by atoms with Crippen molar-refractivity contribution in [1.82, 2.24) is 0 Å². The van der Waals surface area contributed by atoms with Crippen LogP contribution in [-0.4, -0.2) is 5.33 Å². The lowest BCUT2D eigenvalue weighted by Crippen LogP contribution is -1.83. The molecule has 0 aliphatic rings. The van der Waals surface area contributed by atoms with Crippen LogP contribution >= 0.6 is 15.9 Å². The van der Waals surface area contributed by atoms with Gasteiger partial charge in [-0.05, 0) is 52.9 Å². The van der Waals surface area contributed by atoms with Crippen molar-refractivity contribution in [3.63, 3.8) is 0 Å².